The molecule has 0 aromatic rings. The zero-order valence-electron chi connectivity index (χ0n) is 11.7. The Hall–Kier alpha value is -0.830. The lowest BCUT2D eigenvalue weighted by molar-refractivity contribution is -0.162. The Morgan fingerprint density at radius 1 is 1.32 bits per heavy atom. The van der Waals surface area contributed by atoms with Crippen molar-refractivity contribution in [2.45, 2.75) is 63.6 Å². The summed E-state index contributed by atoms with van der Waals surface area (Å²) in [5.41, 5.74) is -0.235. The van der Waals surface area contributed by atoms with Crippen LogP contribution in [0.25, 0.3) is 0 Å². The number of carbonyl (C=O) groups excluding carboxylic acids is 1. The van der Waals surface area contributed by atoms with Gasteiger partial charge >= 0.3 is 5.97 Å². The summed E-state index contributed by atoms with van der Waals surface area (Å²) in [6, 6.07) is 0. The highest BCUT2D eigenvalue weighted by atomic mass is 16.6. The fourth-order valence-electron chi connectivity index (χ4n) is 4.10. The minimum absolute atomic E-state index is 0.0671. The molecule has 106 valence electrons. The van der Waals surface area contributed by atoms with E-state index < -0.39 is 0 Å². The molecule has 2 fully saturated rings. The number of ether oxygens (including phenoxy) is 1. The number of aliphatic hydroxyl groups is 1. The number of fused-ring (bicyclic) bond motifs is 2. The van der Waals surface area contributed by atoms with E-state index in [0.717, 1.165) is 19.3 Å². The number of carbonyl (C=O) groups is 1. The van der Waals surface area contributed by atoms with E-state index in [4.69, 9.17) is 4.74 Å². The van der Waals surface area contributed by atoms with Crippen molar-refractivity contribution in [2.75, 3.05) is 0 Å². The van der Waals surface area contributed by atoms with Gasteiger partial charge in [-0.1, -0.05) is 18.6 Å². The van der Waals surface area contributed by atoms with E-state index in [9.17, 15) is 9.90 Å². The Bertz CT molecular complexity index is 381. The van der Waals surface area contributed by atoms with Gasteiger partial charge < -0.3 is 9.84 Å². The van der Waals surface area contributed by atoms with E-state index >= 15 is 0 Å². The van der Waals surface area contributed by atoms with Crippen LogP contribution in [-0.2, 0) is 9.53 Å². The van der Waals surface area contributed by atoms with Gasteiger partial charge in [0.05, 0.1) is 6.10 Å². The Morgan fingerprint density at radius 2 is 2.05 bits per heavy atom. The van der Waals surface area contributed by atoms with Crippen LogP contribution < -0.4 is 0 Å². The highest BCUT2D eigenvalue weighted by Gasteiger charge is 2.45. The zero-order chi connectivity index (χ0) is 13.5. The van der Waals surface area contributed by atoms with E-state index in [1.165, 1.54) is 19.3 Å². The van der Waals surface area contributed by atoms with Crippen LogP contribution in [-0.4, -0.2) is 22.8 Å². The van der Waals surface area contributed by atoms with Crippen molar-refractivity contribution in [1.29, 1.82) is 0 Å². The molecule has 3 heteroatoms. The molecule has 0 heterocycles. The first-order valence-electron chi connectivity index (χ1n) is 7.66. The highest BCUT2D eigenvalue weighted by molar-refractivity contribution is 5.70. The third-order valence-electron chi connectivity index (χ3n) is 5.23. The van der Waals surface area contributed by atoms with Crippen molar-refractivity contribution in [2.24, 2.45) is 17.8 Å². The van der Waals surface area contributed by atoms with Crippen LogP contribution in [0.4, 0.5) is 0 Å². The van der Waals surface area contributed by atoms with Crippen LogP contribution in [0.1, 0.15) is 51.9 Å². The number of hydrogen-bond acceptors (Lipinski definition) is 3. The van der Waals surface area contributed by atoms with Gasteiger partial charge in [-0.2, -0.15) is 0 Å². The van der Waals surface area contributed by atoms with Crippen molar-refractivity contribution in [3.05, 3.63) is 12.2 Å². The Kier molecular flexibility index (Phi) is 3.42. The Labute approximate surface area is 115 Å². The summed E-state index contributed by atoms with van der Waals surface area (Å²) in [7, 11) is 0. The summed E-state index contributed by atoms with van der Waals surface area (Å²) >= 11 is 0. The molecule has 0 aromatic heterocycles. The summed E-state index contributed by atoms with van der Waals surface area (Å²) in [4.78, 5) is 12.1. The smallest absolute Gasteiger partial charge is 0.306 e. The van der Waals surface area contributed by atoms with Crippen molar-refractivity contribution in [1.82, 2.24) is 0 Å². The lowest BCUT2D eigenvalue weighted by Crippen LogP contribution is -2.34. The molecular formula is C16H24O3. The lowest BCUT2D eigenvalue weighted by Gasteiger charge is -2.33. The van der Waals surface area contributed by atoms with Gasteiger partial charge in [-0.25, -0.2) is 0 Å². The molecule has 0 aromatic carbocycles. The average molecular weight is 264 g/mol. The predicted octanol–water partition coefficient (Wildman–Crippen LogP) is 2.83. The maximum atomic E-state index is 12.1. The van der Waals surface area contributed by atoms with Gasteiger partial charge in [0.2, 0.25) is 0 Å². The van der Waals surface area contributed by atoms with Crippen molar-refractivity contribution >= 4 is 5.97 Å². The summed E-state index contributed by atoms with van der Waals surface area (Å²) in [6.07, 6.45) is 10.9. The normalized spacial score (nSPS) is 39.5. The predicted molar refractivity (Wildman–Crippen MR) is 72.4 cm³/mol. The Morgan fingerprint density at radius 3 is 2.63 bits per heavy atom. The monoisotopic (exact) mass is 264 g/mol. The number of aliphatic hydroxyl groups excluding tert-OH is 1. The van der Waals surface area contributed by atoms with Crippen LogP contribution in [0.2, 0.25) is 0 Å². The fraction of sp³-hybridized carbons (Fsp3) is 0.812. The maximum Gasteiger partial charge on any atom is 0.306 e. The van der Waals surface area contributed by atoms with Gasteiger partial charge in [-0.3, -0.25) is 4.79 Å². The highest BCUT2D eigenvalue weighted by Crippen LogP contribution is 2.45. The second kappa shape index (κ2) is 4.93. The summed E-state index contributed by atoms with van der Waals surface area (Å²) in [5.74, 6) is 0.664. The molecule has 4 atom stereocenters. The van der Waals surface area contributed by atoms with Crippen molar-refractivity contribution in [3.63, 3.8) is 0 Å². The molecule has 0 amide bonds. The molecule has 3 aliphatic rings. The van der Waals surface area contributed by atoms with Gasteiger partial charge in [-0.15, -0.1) is 0 Å². The second-order valence-electron chi connectivity index (χ2n) is 6.80. The number of hydrogen-bond donors (Lipinski definition) is 1. The topological polar surface area (TPSA) is 46.5 Å². The summed E-state index contributed by atoms with van der Waals surface area (Å²) in [5, 5.41) is 9.97. The first-order chi connectivity index (χ1) is 9.07. The van der Waals surface area contributed by atoms with Gasteiger partial charge in [0, 0.05) is 18.3 Å². The molecule has 19 heavy (non-hydrogen) atoms. The van der Waals surface area contributed by atoms with Gasteiger partial charge in [0.15, 0.2) is 0 Å². The van der Waals surface area contributed by atoms with E-state index in [-0.39, 0.29) is 35.4 Å². The van der Waals surface area contributed by atoms with Crippen LogP contribution >= 0.6 is 0 Å². The standard InChI is InChI=1S/C16H24O3/c1-16(7-3-2-4-8-16)19-14(17)10-12-9-11-5-6-13(12)15(11)18/h5-6,11-13,15,18H,2-4,7-10H2,1H3. The third-order valence-corrected chi connectivity index (χ3v) is 5.23. The summed E-state index contributed by atoms with van der Waals surface area (Å²) < 4.78 is 5.74. The SMILES string of the molecule is CC1(OC(=O)CC2CC3C=CC2C3O)CCCCC1. The first-order valence-corrected chi connectivity index (χ1v) is 7.66. The average Bonchev–Trinajstić information content (AvgIpc) is 2.84. The van der Waals surface area contributed by atoms with Gasteiger partial charge in [0.1, 0.15) is 5.60 Å². The largest absolute Gasteiger partial charge is 0.459 e. The zero-order valence-corrected chi connectivity index (χ0v) is 11.7. The molecule has 2 saturated carbocycles. The molecule has 0 saturated heterocycles. The first kappa shape index (κ1) is 13.2. The van der Waals surface area contributed by atoms with Crippen LogP contribution in [0.5, 0.6) is 0 Å². The molecule has 3 rings (SSSR count). The number of rotatable bonds is 3. The lowest BCUT2D eigenvalue weighted by atomic mass is 9.86. The quantitative estimate of drug-likeness (QED) is 0.630. The fourth-order valence-corrected chi connectivity index (χ4v) is 4.10. The third kappa shape index (κ3) is 2.58. The van der Waals surface area contributed by atoms with E-state index in [2.05, 4.69) is 19.1 Å². The molecular weight excluding hydrogens is 240 g/mol. The van der Waals surface area contributed by atoms with Gasteiger partial charge in [-0.05, 0) is 44.9 Å². The Balaban J connectivity index is 1.53. The molecule has 2 bridgehead atoms. The molecule has 0 spiro atoms. The minimum atomic E-state index is -0.261. The van der Waals surface area contributed by atoms with E-state index in [1.54, 1.807) is 0 Å². The van der Waals surface area contributed by atoms with Crippen LogP contribution in [0.15, 0.2) is 12.2 Å². The van der Waals surface area contributed by atoms with E-state index in [0.29, 0.717) is 6.42 Å². The molecule has 0 radical (unpaired) electrons. The van der Waals surface area contributed by atoms with Crippen LogP contribution in [0.3, 0.4) is 0 Å². The molecule has 3 nitrogen and oxygen atoms in total. The number of esters is 1. The molecule has 0 aliphatic heterocycles. The van der Waals surface area contributed by atoms with Crippen LogP contribution in [0, 0.1) is 17.8 Å². The molecule has 4 unspecified atom stereocenters. The van der Waals surface area contributed by atoms with Gasteiger partial charge in [0.25, 0.3) is 0 Å². The minimum Gasteiger partial charge on any atom is -0.459 e. The second-order valence-corrected chi connectivity index (χ2v) is 6.80. The molecule has 1 N–H and O–H groups in total. The maximum absolute atomic E-state index is 12.1. The molecule has 3 aliphatic carbocycles. The summed E-state index contributed by atoms with van der Waals surface area (Å²) in [6.45, 7) is 2.07. The van der Waals surface area contributed by atoms with Crippen molar-refractivity contribution < 1.29 is 14.6 Å². The van der Waals surface area contributed by atoms with Crippen molar-refractivity contribution in [3.8, 4) is 0 Å². The van der Waals surface area contributed by atoms with E-state index in [1.807, 2.05) is 0 Å².